The molecule has 0 unspecified atom stereocenters. The molecule has 0 saturated carbocycles. The highest BCUT2D eigenvalue weighted by atomic mass is 16.5. The number of nitrogens with zero attached hydrogens (tertiary/aromatic N) is 2. The van der Waals surface area contributed by atoms with Gasteiger partial charge in [-0.15, -0.1) is 0 Å². The van der Waals surface area contributed by atoms with Gasteiger partial charge in [-0.2, -0.15) is 0 Å². The van der Waals surface area contributed by atoms with Gasteiger partial charge in [0.05, 0.1) is 12.8 Å². The molecule has 0 spiro atoms. The Labute approximate surface area is 118 Å². The minimum absolute atomic E-state index is 0.775. The van der Waals surface area contributed by atoms with Gasteiger partial charge in [0.1, 0.15) is 11.4 Å². The summed E-state index contributed by atoms with van der Waals surface area (Å²) in [5.41, 5.74) is 4.37. The highest BCUT2D eigenvalue weighted by Gasteiger charge is 2.08. The predicted molar refractivity (Wildman–Crippen MR) is 79.9 cm³/mol. The second kappa shape index (κ2) is 5.35. The van der Waals surface area contributed by atoms with Crippen molar-refractivity contribution in [1.29, 1.82) is 0 Å². The van der Waals surface area contributed by atoms with Gasteiger partial charge in [-0.05, 0) is 42.9 Å². The fraction of sp³-hybridized carbons (Fsp3) is 0.188. The zero-order valence-corrected chi connectivity index (χ0v) is 11.6. The Kier molecular flexibility index (Phi) is 3.39. The molecule has 0 aliphatic carbocycles. The standard InChI is InChI=1S/C16H17N3O/c1-17-11-13-10-12(6-7-15(13)20-2)14-4-3-5-16-18-8-9-19(14)16/h3-10,17H,11H2,1-2H3. The van der Waals surface area contributed by atoms with Gasteiger partial charge < -0.3 is 10.1 Å². The molecule has 4 nitrogen and oxygen atoms in total. The van der Waals surface area contributed by atoms with Crippen LogP contribution >= 0.6 is 0 Å². The number of methoxy groups -OCH3 is 1. The molecule has 1 N–H and O–H groups in total. The molecule has 102 valence electrons. The van der Waals surface area contributed by atoms with Gasteiger partial charge in [0.2, 0.25) is 0 Å². The van der Waals surface area contributed by atoms with E-state index < -0.39 is 0 Å². The van der Waals surface area contributed by atoms with Crippen LogP contribution in [0.2, 0.25) is 0 Å². The van der Waals surface area contributed by atoms with Crippen molar-refractivity contribution in [2.24, 2.45) is 0 Å². The van der Waals surface area contributed by atoms with Crippen molar-refractivity contribution in [3.8, 4) is 17.0 Å². The van der Waals surface area contributed by atoms with Gasteiger partial charge in [-0.1, -0.05) is 6.07 Å². The lowest BCUT2D eigenvalue weighted by Crippen LogP contribution is -2.07. The first kappa shape index (κ1) is 12.7. The number of nitrogens with one attached hydrogen (secondary N) is 1. The van der Waals surface area contributed by atoms with Gasteiger partial charge in [-0.25, -0.2) is 4.98 Å². The lowest BCUT2D eigenvalue weighted by Gasteiger charge is -2.12. The monoisotopic (exact) mass is 267 g/mol. The molecule has 0 aliphatic rings. The van der Waals surface area contributed by atoms with Crippen LogP contribution in [-0.4, -0.2) is 23.5 Å². The molecule has 2 heterocycles. The Hall–Kier alpha value is -2.33. The fourth-order valence-corrected chi connectivity index (χ4v) is 2.45. The molecular formula is C16H17N3O. The Morgan fingerprint density at radius 3 is 2.95 bits per heavy atom. The van der Waals surface area contributed by atoms with Crippen LogP contribution in [-0.2, 0) is 6.54 Å². The summed E-state index contributed by atoms with van der Waals surface area (Å²) >= 11 is 0. The lowest BCUT2D eigenvalue weighted by atomic mass is 10.1. The molecule has 20 heavy (non-hydrogen) atoms. The quantitative estimate of drug-likeness (QED) is 0.790. The van der Waals surface area contributed by atoms with Gasteiger partial charge in [0.25, 0.3) is 0 Å². The third-order valence-corrected chi connectivity index (χ3v) is 3.37. The summed E-state index contributed by atoms with van der Waals surface area (Å²) in [7, 11) is 3.63. The Morgan fingerprint density at radius 1 is 1.25 bits per heavy atom. The first-order valence-corrected chi connectivity index (χ1v) is 6.57. The van der Waals surface area contributed by atoms with Crippen LogP contribution in [0.25, 0.3) is 16.9 Å². The maximum atomic E-state index is 5.40. The number of rotatable bonds is 4. The smallest absolute Gasteiger partial charge is 0.137 e. The second-order valence-electron chi connectivity index (χ2n) is 4.62. The summed E-state index contributed by atoms with van der Waals surface area (Å²) in [6.07, 6.45) is 3.80. The molecule has 2 aromatic heterocycles. The zero-order chi connectivity index (χ0) is 13.9. The second-order valence-corrected chi connectivity index (χ2v) is 4.62. The van der Waals surface area contributed by atoms with Crippen LogP contribution in [0.3, 0.4) is 0 Å². The maximum absolute atomic E-state index is 5.40. The number of ether oxygens (including phenoxy) is 1. The summed E-state index contributed by atoms with van der Waals surface area (Å²) < 4.78 is 7.49. The topological polar surface area (TPSA) is 38.6 Å². The largest absolute Gasteiger partial charge is 0.496 e. The Balaban J connectivity index is 2.14. The van der Waals surface area contributed by atoms with Crippen molar-refractivity contribution < 1.29 is 4.74 Å². The molecule has 1 aromatic carbocycles. The Morgan fingerprint density at radius 2 is 2.15 bits per heavy atom. The summed E-state index contributed by atoms with van der Waals surface area (Å²) in [6.45, 7) is 0.775. The van der Waals surface area contributed by atoms with Gasteiger partial charge in [0.15, 0.2) is 0 Å². The molecule has 0 bridgehead atoms. The molecule has 0 aliphatic heterocycles. The average molecular weight is 267 g/mol. The Bertz CT molecular complexity index is 733. The van der Waals surface area contributed by atoms with E-state index in [1.165, 1.54) is 0 Å². The summed E-state index contributed by atoms with van der Waals surface area (Å²) in [4.78, 5) is 4.32. The van der Waals surface area contributed by atoms with Crippen molar-refractivity contribution in [3.63, 3.8) is 0 Å². The van der Waals surface area contributed by atoms with Crippen LogP contribution < -0.4 is 10.1 Å². The number of benzene rings is 1. The number of hydrogen-bond donors (Lipinski definition) is 1. The first-order valence-electron chi connectivity index (χ1n) is 6.57. The third-order valence-electron chi connectivity index (χ3n) is 3.37. The van der Waals surface area contributed by atoms with E-state index in [4.69, 9.17) is 4.74 Å². The van der Waals surface area contributed by atoms with Crippen molar-refractivity contribution in [2.75, 3.05) is 14.2 Å². The summed E-state index contributed by atoms with van der Waals surface area (Å²) in [6, 6.07) is 12.4. The molecule has 0 saturated heterocycles. The zero-order valence-electron chi connectivity index (χ0n) is 11.6. The number of imidazole rings is 1. The van der Waals surface area contributed by atoms with E-state index in [9.17, 15) is 0 Å². The van der Waals surface area contributed by atoms with Crippen LogP contribution in [0.4, 0.5) is 0 Å². The van der Waals surface area contributed by atoms with Gasteiger partial charge in [0, 0.05) is 24.5 Å². The average Bonchev–Trinajstić information content (AvgIpc) is 2.96. The predicted octanol–water partition coefficient (Wildman–Crippen LogP) is 2.73. The molecule has 0 fully saturated rings. The number of fused-ring (bicyclic) bond motifs is 1. The van der Waals surface area contributed by atoms with E-state index in [1.54, 1.807) is 7.11 Å². The van der Waals surface area contributed by atoms with Crippen LogP contribution in [0.5, 0.6) is 5.75 Å². The number of pyridine rings is 1. The molecule has 0 amide bonds. The number of hydrogen-bond acceptors (Lipinski definition) is 3. The van der Waals surface area contributed by atoms with E-state index in [-0.39, 0.29) is 0 Å². The summed E-state index contributed by atoms with van der Waals surface area (Å²) in [5, 5.41) is 3.17. The van der Waals surface area contributed by atoms with Crippen molar-refractivity contribution in [1.82, 2.24) is 14.7 Å². The normalized spacial score (nSPS) is 10.9. The van der Waals surface area contributed by atoms with Crippen molar-refractivity contribution >= 4 is 5.65 Å². The van der Waals surface area contributed by atoms with Crippen LogP contribution in [0, 0.1) is 0 Å². The molecule has 3 aromatic rings. The van der Waals surface area contributed by atoms with E-state index in [1.807, 2.05) is 37.6 Å². The molecular weight excluding hydrogens is 250 g/mol. The van der Waals surface area contributed by atoms with E-state index in [0.29, 0.717) is 0 Å². The van der Waals surface area contributed by atoms with Crippen molar-refractivity contribution in [2.45, 2.75) is 6.54 Å². The SMILES string of the molecule is CNCc1cc(-c2cccc3nccn23)ccc1OC. The third kappa shape index (κ3) is 2.14. The lowest BCUT2D eigenvalue weighted by molar-refractivity contribution is 0.408. The van der Waals surface area contributed by atoms with Gasteiger partial charge >= 0.3 is 0 Å². The highest BCUT2D eigenvalue weighted by Crippen LogP contribution is 2.27. The molecule has 0 atom stereocenters. The first-order chi connectivity index (χ1) is 9.83. The van der Waals surface area contributed by atoms with Crippen LogP contribution in [0.15, 0.2) is 48.8 Å². The van der Waals surface area contributed by atoms with E-state index in [0.717, 1.165) is 34.8 Å². The van der Waals surface area contributed by atoms with Crippen molar-refractivity contribution in [3.05, 3.63) is 54.4 Å². The maximum Gasteiger partial charge on any atom is 0.137 e. The highest BCUT2D eigenvalue weighted by molar-refractivity contribution is 5.65. The van der Waals surface area contributed by atoms with Gasteiger partial charge in [-0.3, -0.25) is 4.40 Å². The molecule has 4 heteroatoms. The number of aromatic nitrogens is 2. The minimum atomic E-state index is 0.775. The van der Waals surface area contributed by atoms with E-state index in [2.05, 4.69) is 32.9 Å². The fourth-order valence-electron chi connectivity index (χ4n) is 2.45. The minimum Gasteiger partial charge on any atom is -0.496 e. The van der Waals surface area contributed by atoms with E-state index >= 15 is 0 Å². The van der Waals surface area contributed by atoms with Crippen LogP contribution in [0.1, 0.15) is 5.56 Å². The summed E-state index contributed by atoms with van der Waals surface area (Å²) in [5.74, 6) is 0.904. The molecule has 3 rings (SSSR count). The molecule has 0 radical (unpaired) electrons.